The van der Waals surface area contributed by atoms with Gasteiger partial charge in [-0.05, 0) is 12.8 Å². The lowest BCUT2D eigenvalue weighted by atomic mass is 10.1. The van der Waals surface area contributed by atoms with Crippen molar-refractivity contribution in [3.8, 4) is 5.88 Å². The fourth-order valence-electron chi connectivity index (χ4n) is 1.81. The highest BCUT2D eigenvalue weighted by atomic mass is 16.5. The van der Waals surface area contributed by atoms with E-state index in [1.807, 2.05) is 0 Å². The molecule has 0 fully saturated rings. The lowest BCUT2D eigenvalue weighted by Gasteiger charge is -2.07. The van der Waals surface area contributed by atoms with Gasteiger partial charge in [-0.25, -0.2) is 0 Å². The predicted molar refractivity (Wildman–Crippen MR) is 79.7 cm³/mol. The maximum absolute atomic E-state index is 5.62. The lowest BCUT2D eigenvalue weighted by molar-refractivity contribution is 0.292. The third-order valence-electron chi connectivity index (χ3n) is 2.92. The van der Waals surface area contributed by atoms with Crippen LogP contribution in [-0.2, 0) is 0 Å². The van der Waals surface area contributed by atoms with Gasteiger partial charge in [0.25, 0.3) is 0 Å². The first-order valence-electron chi connectivity index (χ1n) is 7.55. The molecule has 0 radical (unpaired) electrons. The van der Waals surface area contributed by atoms with E-state index < -0.39 is 0 Å². The Balaban J connectivity index is 2.14. The molecule has 1 heterocycles. The van der Waals surface area contributed by atoms with Crippen molar-refractivity contribution in [1.29, 1.82) is 0 Å². The van der Waals surface area contributed by atoms with E-state index in [4.69, 9.17) is 4.74 Å². The lowest BCUT2D eigenvalue weighted by Crippen LogP contribution is -2.05. The normalized spacial score (nSPS) is 10.4. The van der Waals surface area contributed by atoms with Gasteiger partial charge in [0.05, 0.1) is 19.0 Å². The number of hydrogen-bond donors (Lipinski definition) is 1. The van der Waals surface area contributed by atoms with E-state index in [1.54, 1.807) is 12.4 Å². The minimum absolute atomic E-state index is 0.620. The van der Waals surface area contributed by atoms with Crippen LogP contribution in [0.5, 0.6) is 5.88 Å². The van der Waals surface area contributed by atoms with Gasteiger partial charge in [0, 0.05) is 6.54 Å². The molecule has 1 aromatic heterocycles. The topological polar surface area (TPSA) is 47.0 Å². The zero-order chi connectivity index (χ0) is 13.8. The average Bonchev–Trinajstić information content (AvgIpc) is 2.44. The Labute approximate surface area is 117 Å². The van der Waals surface area contributed by atoms with E-state index in [1.165, 1.54) is 32.1 Å². The third kappa shape index (κ3) is 7.65. The summed E-state index contributed by atoms with van der Waals surface area (Å²) in [6.45, 7) is 6.01. The van der Waals surface area contributed by atoms with Gasteiger partial charge in [-0.3, -0.25) is 4.98 Å². The number of nitrogens with zero attached hydrogens (tertiary/aromatic N) is 2. The largest absolute Gasteiger partial charge is 0.477 e. The molecule has 0 bridgehead atoms. The molecule has 0 unspecified atom stereocenters. The second-order valence-electron chi connectivity index (χ2n) is 4.79. The molecular weight excluding hydrogens is 238 g/mol. The van der Waals surface area contributed by atoms with Crippen molar-refractivity contribution in [1.82, 2.24) is 9.97 Å². The molecule has 4 nitrogen and oxygen atoms in total. The van der Waals surface area contributed by atoms with Crippen LogP contribution in [0.25, 0.3) is 0 Å². The highest BCUT2D eigenvalue weighted by Gasteiger charge is 1.99. The number of ether oxygens (including phenoxy) is 1. The van der Waals surface area contributed by atoms with Gasteiger partial charge < -0.3 is 10.1 Å². The van der Waals surface area contributed by atoms with E-state index in [2.05, 4.69) is 29.1 Å². The summed E-state index contributed by atoms with van der Waals surface area (Å²) >= 11 is 0. The number of unbranched alkanes of at least 4 members (excludes halogenated alkanes) is 5. The Morgan fingerprint density at radius 2 is 1.79 bits per heavy atom. The summed E-state index contributed by atoms with van der Waals surface area (Å²) in [4.78, 5) is 8.49. The van der Waals surface area contributed by atoms with Crippen LogP contribution in [0.2, 0.25) is 0 Å². The monoisotopic (exact) mass is 265 g/mol. The number of aromatic nitrogens is 2. The first-order chi connectivity index (χ1) is 9.36. The third-order valence-corrected chi connectivity index (χ3v) is 2.92. The van der Waals surface area contributed by atoms with E-state index in [0.29, 0.717) is 5.88 Å². The molecular formula is C15H27N3O. The van der Waals surface area contributed by atoms with E-state index in [0.717, 1.165) is 31.8 Å². The Kier molecular flexibility index (Phi) is 8.77. The summed E-state index contributed by atoms with van der Waals surface area (Å²) in [5.41, 5.74) is 0. The van der Waals surface area contributed by atoms with Crippen molar-refractivity contribution in [2.75, 3.05) is 18.5 Å². The maximum Gasteiger partial charge on any atom is 0.234 e. The van der Waals surface area contributed by atoms with E-state index in [9.17, 15) is 0 Å². The molecule has 4 heteroatoms. The molecule has 1 N–H and O–H groups in total. The average molecular weight is 265 g/mol. The minimum Gasteiger partial charge on any atom is -0.477 e. The van der Waals surface area contributed by atoms with Gasteiger partial charge >= 0.3 is 0 Å². The Morgan fingerprint density at radius 3 is 2.58 bits per heavy atom. The van der Waals surface area contributed by atoms with Crippen molar-refractivity contribution < 1.29 is 4.74 Å². The first kappa shape index (κ1) is 15.7. The van der Waals surface area contributed by atoms with Crippen LogP contribution in [0.4, 0.5) is 5.82 Å². The SMILES string of the molecule is CCCCCCCCOc1cncc(NCCC)n1. The van der Waals surface area contributed by atoms with Crippen LogP contribution < -0.4 is 10.1 Å². The van der Waals surface area contributed by atoms with Crippen LogP contribution in [0, 0.1) is 0 Å². The second-order valence-corrected chi connectivity index (χ2v) is 4.79. The summed E-state index contributed by atoms with van der Waals surface area (Å²) in [6, 6.07) is 0. The molecule has 0 amide bonds. The molecule has 0 atom stereocenters. The molecule has 0 aliphatic heterocycles. The number of rotatable bonds is 11. The fourth-order valence-corrected chi connectivity index (χ4v) is 1.81. The molecule has 19 heavy (non-hydrogen) atoms. The number of nitrogens with one attached hydrogen (secondary N) is 1. The molecule has 0 aromatic carbocycles. The highest BCUT2D eigenvalue weighted by Crippen LogP contribution is 2.10. The van der Waals surface area contributed by atoms with Gasteiger partial charge in [0.2, 0.25) is 5.88 Å². The Morgan fingerprint density at radius 1 is 1.00 bits per heavy atom. The van der Waals surface area contributed by atoms with Gasteiger partial charge in [-0.2, -0.15) is 4.98 Å². The second kappa shape index (κ2) is 10.6. The molecule has 0 spiro atoms. The molecule has 1 rings (SSSR count). The van der Waals surface area contributed by atoms with Crippen molar-refractivity contribution in [3.63, 3.8) is 0 Å². The summed E-state index contributed by atoms with van der Waals surface area (Å²) in [5, 5.41) is 3.21. The highest BCUT2D eigenvalue weighted by molar-refractivity contribution is 5.32. The van der Waals surface area contributed by atoms with Crippen molar-refractivity contribution >= 4 is 5.82 Å². The minimum atomic E-state index is 0.620. The summed E-state index contributed by atoms with van der Waals surface area (Å²) in [6.07, 6.45) is 12.1. The number of anilines is 1. The summed E-state index contributed by atoms with van der Waals surface area (Å²) in [7, 11) is 0. The van der Waals surface area contributed by atoms with Gasteiger partial charge in [-0.15, -0.1) is 0 Å². The zero-order valence-corrected chi connectivity index (χ0v) is 12.3. The smallest absolute Gasteiger partial charge is 0.234 e. The predicted octanol–water partition coefficient (Wildman–Crippen LogP) is 4.04. The molecule has 108 valence electrons. The van der Waals surface area contributed by atoms with Crippen LogP contribution in [0.15, 0.2) is 12.4 Å². The number of hydrogen-bond acceptors (Lipinski definition) is 4. The quantitative estimate of drug-likeness (QED) is 0.613. The van der Waals surface area contributed by atoms with Crippen molar-refractivity contribution in [2.24, 2.45) is 0 Å². The molecule has 0 aliphatic rings. The Hall–Kier alpha value is -1.32. The Bertz CT molecular complexity index is 331. The van der Waals surface area contributed by atoms with Crippen LogP contribution in [0.1, 0.15) is 58.8 Å². The van der Waals surface area contributed by atoms with E-state index in [-0.39, 0.29) is 0 Å². The molecule has 1 aromatic rings. The maximum atomic E-state index is 5.62. The van der Waals surface area contributed by atoms with Gasteiger partial charge in [-0.1, -0.05) is 46.0 Å². The summed E-state index contributed by atoms with van der Waals surface area (Å²) < 4.78 is 5.62. The van der Waals surface area contributed by atoms with Crippen molar-refractivity contribution in [3.05, 3.63) is 12.4 Å². The fraction of sp³-hybridized carbons (Fsp3) is 0.733. The van der Waals surface area contributed by atoms with Gasteiger partial charge in [0.15, 0.2) is 0 Å². The van der Waals surface area contributed by atoms with Crippen LogP contribution in [-0.4, -0.2) is 23.1 Å². The van der Waals surface area contributed by atoms with Crippen LogP contribution >= 0.6 is 0 Å². The first-order valence-corrected chi connectivity index (χ1v) is 7.55. The molecule has 0 saturated carbocycles. The zero-order valence-electron chi connectivity index (χ0n) is 12.3. The van der Waals surface area contributed by atoms with E-state index >= 15 is 0 Å². The van der Waals surface area contributed by atoms with Crippen LogP contribution in [0.3, 0.4) is 0 Å². The van der Waals surface area contributed by atoms with Crippen molar-refractivity contribution in [2.45, 2.75) is 58.8 Å². The van der Waals surface area contributed by atoms with Gasteiger partial charge in [0.1, 0.15) is 5.82 Å². The molecule has 0 aliphatic carbocycles. The molecule has 0 saturated heterocycles. The standard InChI is InChI=1S/C15H27N3O/c1-3-5-6-7-8-9-11-19-15-13-16-12-14(18-15)17-10-4-2/h12-13H,3-11H2,1-2H3,(H,17,18). The summed E-state index contributed by atoms with van der Waals surface area (Å²) in [5.74, 6) is 1.41.